The first kappa shape index (κ1) is 21.5. The average molecular weight is 409 g/mol. The molecule has 28 heavy (non-hydrogen) atoms. The zero-order valence-corrected chi connectivity index (χ0v) is 16.6. The molecule has 0 aromatic heterocycles. The lowest BCUT2D eigenvalue weighted by Crippen LogP contribution is -2.45. The van der Waals surface area contributed by atoms with E-state index < -0.39 is 17.6 Å². The molecule has 150 valence electrons. The summed E-state index contributed by atoms with van der Waals surface area (Å²) in [4.78, 5) is 23.6. The van der Waals surface area contributed by atoms with Gasteiger partial charge in [0, 0.05) is 5.02 Å². The van der Waals surface area contributed by atoms with Crippen molar-refractivity contribution in [3.63, 3.8) is 0 Å². The van der Waals surface area contributed by atoms with Crippen LogP contribution >= 0.6 is 11.6 Å². The number of nitrogens with one attached hydrogen (secondary N) is 2. The summed E-state index contributed by atoms with van der Waals surface area (Å²) in [5.41, 5.74) is 6.19. The van der Waals surface area contributed by atoms with E-state index >= 15 is 0 Å². The van der Waals surface area contributed by atoms with Crippen molar-refractivity contribution in [2.45, 2.75) is 26.7 Å². The lowest BCUT2D eigenvalue weighted by Gasteiger charge is -2.16. The van der Waals surface area contributed by atoms with E-state index in [9.17, 15) is 14.0 Å². The number of hydrazine groups is 1. The molecule has 2 amide bonds. The second kappa shape index (κ2) is 9.94. The van der Waals surface area contributed by atoms with Gasteiger partial charge in [0.2, 0.25) is 0 Å². The van der Waals surface area contributed by atoms with Gasteiger partial charge in [0.15, 0.2) is 13.2 Å². The molecule has 2 aromatic rings. The lowest BCUT2D eigenvalue weighted by atomic mass is 10.0. The van der Waals surface area contributed by atoms with Gasteiger partial charge in [-0.15, -0.1) is 0 Å². The van der Waals surface area contributed by atoms with Crippen LogP contribution in [0.25, 0.3) is 0 Å². The van der Waals surface area contributed by atoms with Crippen molar-refractivity contribution in [2.24, 2.45) is 0 Å². The van der Waals surface area contributed by atoms with Crippen LogP contribution in [0.2, 0.25) is 5.02 Å². The second-order valence-corrected chi connectivity index (χ2v) is 6.83. The first-order valence-corrected chi connectivity index (χ1v) is 9.03. The van der Waals surface area contributed by atoms with E-state index in [1.165, 1.54) is 24.3 Å². The van der Waals surface area contributed by atoms with E-state index in [4.69, 9.17) is 21.1 Å². The predicted octanol–water partition coefficient (Wildman–Crippen LogP) is 3.52. The number of benzene rings is 2. The van der Waals surface area contributed by atoms with Crippen LogP contribution in [-0.2, 0) is 9.59 Å². The van der Waals surface area contributed by atoms with Gasteiger partial charge in [-0.05, 0) is 60.4 Å². The number of hydrogen-bond acceptors (Lipinski definition) is 4. The summed E-state index contributed by atoms with van der Waals surface area (Å²) in [6, 6.07) is 8.83. The number of rotatable bonds is 7. The van der Waals surface area contributed by atoms with Crippen LogP contribution in [0.5, 0.6) is 11.5 Å². The number of halogens is 2. The van der Waals surface area contributed by atoms with Gasteiger partial charge >= 0.3 is 0 Å². The topological polar surface area (TPSA) is 76.7 Å². The zero-order chi connectivity index (χ0) is 20.7. The molecule has 0 bridgehead atoms. The van der Waals surface area contributed by atoms with Crippen molar-refractivity contribution in [1.82, 2.24) is 10.9 Å². The molecule has 8 heteroatoms. The van der Waals surface area contributed by atoms with Gasteiger partial charge < -0.3 is 9.47 Å². The highest BCUT2D eigenvalue weighted by molar-refractivity contribution is 6.31. The first-order chi connectivity index (χ1) is 13.3. The largest absolute Gasteiger partial charge is 0.484 e. The summed E-state index contributed by atoms with van der Waals surface area (Å²) in [6.45, 7) is 5.23. The van der Waals surface area contributed by atoms with Crippen LogP contribution in [0.15, 0.2) is 36.4 Å². The van der Waals surface area contributed by atoms with Crippen LogP contribution < -0.4 is 20.3 Å². The summed E-state index contributed by atoms with van der Waals surface area (Å²) in [5.74, 6) is -0.427. The fraction of sp³-hybridized carbons (Fsp3) is 0.300. The van der Waals surface area contributed by atoms with E-state index in [0.717, 1.165) is 11.1 Å². The number of ether oxygens (including phenoxy) is 2. The van der Waals surface area contributed by atoms with Crippen molar-refractivity contribution in [3.05, 3.63) is 58.4 Å². The van der Waals surface area contributed by atoms with E-state index in [1.807, 2.05) is 26.8 Å². The third-order valence-electron chi connectivity index (χ3n) is 3.80. The van der Waals surface area contributed by atoms with Gasteiger partial charge in [0.25, 0.3) is 11.8 Å². The average Bonchev–Trinajstić information content (AvgIpc) is 2.66. The fourth-order valence-corrected chi connectivity index (χ4v) is 2.45. The standard InChI is InChI=1S/C20H22ClFN2O4/c1-12(2)16-9-17(21)13(3)8-18(16)28-11-20(26)24-23-19(25)10-27-15-6-4-14(22)5-7-15/h4-9,12H,10-11H2,1-3H3,(H,23,25)(H,24,26). The molecule has 0 spiro atoms. The van der Waals surface area contributed by atoms with Crippen LogP contribution in [0.3, 0.4) is 0 Å². The number of carbonyl (C=O) groups is 2. The predicted molar refractivity (Wildman–Crippen MR) is 104 cm³/mol. The van der Waals surface area contributed by atoms with Crippen molar-refractivity contribution in [3.8, 4) is 11.5 Å². The zero-order valence-electron chi connectivity index (χ0n) is 15.8. The number of hydrogen-bond donors (Lipinski definition) is 2. The Kier molecular flexibility index (Phi) is 7.63. The SMILES string of the molecule is Cc1cc(OCC(=O)NNC(=O)COc2ccc(F)cc2)c(C(C)C)cc1Cl. The third kappa shape index (κ3) is 6.42. The smallest absolute Gasteiger partial charge is 0.276 e. The van der Waals surface area contributed by atoms with Gasteiger partial charge in [-0.2, -0.15) is 0 Å². The maximum Gasteiger partial charge on any atom is 0.276 e. The van der Waals surface area contributed by atoms with Crippen LogP contribution in [0, 0.1) is 12.7 Å². The Labute approximate surface area is 167 Å². The molecule has 2 aromatic carbocycles. The molecule has 0 radical (unpaired) electrons. The van der Waals surface area contributed by atoms with Crippen LogP contribution in [0.4, 0.5) is 4.39 Å². The molecule has 6 nitrogen and oxygen atoms in total. The molecular formula is C20H22ClFN2O4. The monoisotopic (exact) mass is 408 g/mol. The molecule has 0 saturated carbocycles. The minimum atomic E-state index is -0.567. The maximum absolute atomic E-state index is 12.8. The Morgan fingerprint density at radius 2 is 1.61 bits per heavy atom. The van der Waals surface area contributed by atoms with Crippen LogP contribution in [-0.4, -0.2) is 25.0 Å². The summed E-state index contributed by atoms with van der Waals surface area (Å²) in [5, 5.41) is 0.633. The van der Waals surface area contributed by atoms with Gasteiger partial charge in [0.05, 0.1) is 0 Å². The van der Waals surface area contributed by atoms with Crippen molar-refractivity contribution in [2.75, 3.05) is 13.2 Å². The summed E-state index contributed by atoms with van der Waals surface area (Å²) >= 11 is 6.15. The summed E-state index contributed by atoms with van der Waals surface area (Å²) in [6.07, 6.45) is 0. The fourth-order valence-electron chi connectivity index (χ4n) is 2.28. The molecule has 2 N–H and O–H groups in total. The molecule has 0 aliphatic rings. The normalized spacial score (nSPS) is 10.5. The Morgan fingerprint density at radius 1 is 1.04 bits per heavy atom. The second-order valence-electron chi connectivity index (χ2n) is 6.42. The highest BCUT2D eigenvalue weighted by Crippen LogP contribution is 2.31. The molecule has 0 aliphatic heterocycles. The minimum Gasteiger partial charge on any atom is -0.484 e. The lowest BCUT2D eigenvalue weighted by molar-refractivity contribution is -0.131. The number of carbonyl (C=O) groups excluding carboxylic acids is 2. The minimum absolute atomic E-state index is 0.166. The molecule has 0 unspecified atom stereocenters. The molecule has 0 fully saturated rings. The Bertz CT molecular complexity index is 841. The maximum atomic E-state index is 12.8. The summed E-state index contributed by atoms with van der Waals surface area (Å²) in [7, 11) is 0. The van der Waals surface area contributed by atoms with Gasteiger partial charge in [0.1, 0.15) is 17.3 Å². The van der Waals surface area contributed by atoms with E-state index in [-0.39, 0.29) is 19.1 Å². The van der Waals surface area contributed by atoms with E-state index in [1.54, 1.807) is 6.07 Å². The number of aryl methyl sites for hydroxylation is 1. The first-order valence-electron chi connectivity index (χ1n) is 8.65. The molecule has 0 heterocycles. The van der Waals surface area contributed by atoms with E-state index in [2.05, 4.69) is 10.9 Å². The molecule has 2 rings (SSSR count). The van der Waals surface area contributed by atoms with Crippen LogP contribution in [0.1, 0.15) is 30.9 Å². The van der Waals surface area contributed by atoms with Crippen molar-refractivity contribution >= 4 is 23.4 Å². The molecular weight excluding hydrogens is 387 g/mol. The Morgan fingerprint density at radius 3 is 2.18 bits per heavy atom. The van der Waals surface area contributed by atoms with Gasteiger partial charge in [-0.1, -0.05) is 25.4 Å². The number of amides is 2. The molecule has 0 saturated heterocycles. The quantitative estimate of drug-likeness (QED) is 0.687. The van der Waals surface area contributed by atoms with Gasteiger partial charge in [-0.3, -0.25) is 20.4 Å². The third-order valence-corrected chi connectivity index (χ3v) is 4.20. The van der Waals surface area contributed by atoms with Crippen molar-refractivity contribution in [1.29, 1.82) is 0 Å². The Hall–Kier alpha value is -2.80. The molecule has 0 aliphatic carbocycles. The Balaban J connectivity index is 1.79. The highest BCUT2D eigenvalue weighted by atomic mass is 35.5. The van der Waals surface area contributed by atoms with E-state index in [0.29, 0.717) is 16.5 Å². The van der Waals surface area contributed by atoms with Gasteiger partial charge in [-0.25, -0.2) is 4.39 Å². The summed E-state index contributed by atoms with van der Waals surface area (Å²) < 4.78 is 23.6. The van der Waals surface area contributed by atoms with Crippen molar-refractivity contribution < 1.29 is 23.5 Å². The highest BCUT2D eigenvalue weighted by Gasteiger charge is 2.13. The molecule has 0 atom stereocenters.